The van der Waals surface area contributed by atoms with Gasteiger partial charge in [0, 0.05) is 6.42 Å². The number of aliphatic hydroxyl groups excluding tert-OH is 5. The summed E-state index contributed by atoms with van der Waals surface area (Å²) in [5, 5.41) is 54.4. The summed E-state index contributed by atoms with van der Waals surface area (Å²) >= 11 is 0. The average Bonchev–Trinajstić information content (AvgIpc) is 3.42. The highest BCUT2D eigenvalue weighted by atomic mass is 16.7. The fraction of sp³-hybridized carbons (Fsp3) is 0.776. The van der Waals surface area contributed by atoms with Crippen LogP contribution in [0, 0.1) is 0 Å². The summed E-state index contributed by atoms with van der Waals surface area (Å²) in [5.41, 5.74) is 0. The number of aliphatic hydroxyl groups is 5. The molecule has 0 aliphatic carbocycles. The van der Waals surface area contributed by atoms with Gasteiger partial charge in [0.25, 0.3) is 0 Å². The number of nitrogens with one attached hydrogen (secondary N) is 1. The highest BCUT2D eigenvalue weighted by molar-refractivity contribution is 5.76. The molecule has 0 bridgehead atoms. The monoisotopic (exact) mass is 1070 g/mol. The van der Waals surface area contributed by atoms with E-state index >= 15 is 0 Å². The molecule has 440 valence electrons. The first-order valence-electron chi connectivity index (χ1n) is 31.8. The summed E-state index contributed by atoms with van der Waals surface area (Å²) in [4.78, 5) is 13.1. The lowest BCUT2D eigenvalue weighted by atomic mass is 9.99. The second-order valence-electron chi connectivity index (χ2n) is 21.8. The zero-order valence-corrected chi connectivity index (χ0v) is 49.0. The Balaban J connectivity index is 2.05. The molecule has 0 aromatic rings. The minimum absolute atomic E-state index is 0.189. The molecular formula is C67H119NO8. The lowest BCUT2D eigenvalue weighted by Gasteiger charge is -2.40. The Morgan fingerprint density at radius 2 is 0.829 bits per heavy atom. The third kappa shape index (κ3) is 44.2. The van der Waals surface area contributed by atoms with Gasteiger partial charge in [0.05, 0.1) is 25.4 Å². The van der Waals surface area contributed by atoms with Crippen molar-refractivity contribution in [1.29, 1.82) is 0 Å². The van der Waals surface area contributed by atoms with Crippen molar-refractivity contribution in [3.63, 3.8) is 0 Å². The molecule has 76 heavy (non-hydrogen) atoms. The van der Waals surface area contributed by atoms with Gasteiger partial charge in [0.1, 0.15) is 24.4 Å². The van der Waals surface area contributed by atoms with E-state index in [0.29, 0.717) is 6.42 Å². The molecule has 1 aliphatic rings. The van der Waals surface area contributed by atoms with Crippen LogP contribution in [0.4, 0.5) is 0 Å². The van der Waals surface area contributed by atoms with Crippen LogP contribution in [0.1, 0.15) is 277 Å². The van der Waals surface area contributed by atoms with Gasteiger partial charge in [-0.05, 0) is 83.5 Å². The highest BCUT2D eigenvalue weighted by Crippen LogP contribution is 2.23. The largest absolute Gasteiger partial charge is 0.394 e. The lowest BCUT2D eigenvalue weighted by molar-refractivity contribution is -0.302. The first-order chi connectivity index (χ1) is 37.3. The minimum Gasteiger partial charge on any atom is -0.394 e. The van der Waals surface area contributed by atoms with Crippen molar-refractivity contribution in [3.8, 4) is 0 Å². The zero-order chi connectivity index (χ0) is 55.0. The number of hydrogen-bond donors (Lipinski definition) is 6. The molecule has 7 atom stereocenters. The Bertz CT molecular complexity index is 1470. The van der Waals surface area contributed by atoms with E-state index in [0.717, 1.165) is 77.0 Å². The number of carbonyl (C=O) groups is 1. The molecule has 1 rings (SSSR count). The summed E-state index contributed by atoms with van der Waals surface area (Å²) in [5.74, 6) is -0.189. The summed E-state index contributed by atoms with van der Waals surface area (Å²) < 4.78 is 11.2. The van der Waals surface area contributed by atoms with Crippen LogP contribution in [-0.2, 0) is 14.3 Å². The number of carbonyl (C=O) groups excluding carboxylic acids is 1. The summed E-state index contributed by atoms with van der Waals surface area (Å²) in [6.45, 7) is 3.63. The van der Waals surface area contributed by atoms with Crippen LogP contribution < -0.4 is 5.32 Å². The van der Waals surface area contributed by atoms with Gasteiger partial charge in [-0.1, -0.05) is 272 Å². The van der Waals surface area contributed by atoms with Crippen molar-refractivity contribution >= 4 is 5.91 Å². The number of unbranched alkanes of at least 4 members (excludes halogenated alkanes) is 32. The van der Waals surface area contributed by atoms with Gasteiger partial charge >= 0.3 is 0 Å². The molecule has 6 N–H and O–H groups in total. The van der Waals surface area contributed by atoms with Gasteiger partial charge in [-0.25, -0.2) is 0 Å². The van der Waals surface area contributed by atoms with E-state index in [-0.39, 0.29) is 12.5 Å². The van der Waals surface area contributed by atoms with Gasteiger partial charge in [-0.15, -0.1) is 0 Å². The maximum Gasteiger partial charge on any atom is 0.220 e. The van der Waals surface area contributed by atoms with E-state index in [1.165, 1.54) is 180 Å². The van der Waals surface area contributed by atoms with Gasteiger partial charge in [0.15, 0.2) is 6.29 Å². The van der Waals surface area contributed by atoms with Gasteiger partial charge in [-0.2, -0.15) is 0 Å². The van der Waals surface area contributed by atoms with Crippen molar-refractivity contribution in [1.82, 2.24) is 5.32 Å². The molecule has 0 saturated carbocycles. The molecule has 0 radical (unpaired) electrons. The molecule has 0 aromatic carbocycles. The van der Waals surface area contributed by atoms with Crippen LogP contribution in [0.2, 0.25) is 0 Å². The van der Waals surface area contributed by atoms with Gasteiger partial charge in [0.2, 0.25) is 5.91 Å². The molecule has 1 fully saturated rings. The van der Waals surface area contributed by atoms with Gasteiger partial charge in [-0.3, -0.25) is 4.79 Å². The number of ether oxygens (including phenoxy) is 2. The second-order valence-corrected chi connectivity index (χ2v) is 21.8. The SMILES string of the molecule is CC/C=C\C/C=C\C/C=C\C/C=C\CCCCCCCCCCCCCCCCCCCCCCCCCCCCC(=O)NC(COC1OC(CO)C(O)C(O)C1O)C(O)/C=C/CC/C=C/CC/C=C/CCCCCC. The van der Waals surface area contributed by atoms with Gasteiger partial charge < -0.3 is 40.3 Å². The summed E-state index contributed by atoms with van der Waals surface area (Å²) in [6.07, 6.45) is 72.7. The molecule has 1 heterocycles. The Hall–Kier alpha value is -2.63. The molecule has 1 saturated heterocycles. The fourth-order valence-corrected chi connectivity index (χ4v) is 9.71. The van der Waals surface area contributed by atoms with E-state index in [2.05, 4.69) is 92.1 Å². The van der Waals surface area contributed by atoms with Crippen LogP contribution in [0.15, 0.2) is 85.1 Å². The van der Waals surface area contributed by atoms with E-state index in [1.807, 2.05) is 6.08 Å². The first-order valence-corrected chi connectivity index (χ1v) is 31.8. The fourth-order valence-electron chi connectivity index (χ4n) is 9.71. The standard InChI is InChI=1S/C67H119NO8/c1-3-5-7-9-11-13-15-17-19-20-21-22-23-24-25-26-27-28-29-30-31-32-33-34-35-36-37-38-39-40-41-42-43-45-47-49-51-53-55-57-63(71)68-60(59-75-67-66(74)65(73)64(72)62(58-69)76-67)61(70)56-54-52-50-48-46-44-18-16-14-12-10-8-6-4-2/h5,7,11,13-14,16-17,19,21-22,46,48,54,56,60-62,64-67,69-70,72-74H,3-4,6,8-10,12,15,18,20,23-45,47,49-53,55,57-59H2,1-2H3,(H,68,71)/b7-5-,13-11-,16-14+,19-17-,22-21-,48-46+,56-54+. The molecule has 0 spiro atoms. The molecule has 9 heteroatoms. The Morgan fingerprint density at radius 3 is 1.26 bits per heavy atom. The number of allylic oxidation sites excluding steroid dienone is 13. The predicted molar refractivity (Wildman–Crippen MR) is 322 cm³/mol. The van der Waals surface area contributed by atoms with Crippen molar-refractivity contribution < 1.29 is 39.8 Å². The van der Waals surface area contributed by atoms with E-state index < -0.39 is 49.5 Å². The number of rotatable bonds is 54. The van der Waals surface area contributed by atoms with Crippen LogP contribution in [0.5, 0.6) is 0 Å². The Kier molecular flexibility index (Phi) is 52.3. The first kappa shape index (κ1) is 71.4. The van der Waals surface area contributed by atoms with E-state index in [9.17, 15) is 30.3 Å². The lowest BCUT2D eigenvalue weighted by Crippen LogP contribution is -2.60. The maximum absolute atomic E-state index is 13.1. The topological polar surface area (TPSA) is 149 Å². The Morgan fingerprint density at radius 1 is 0.461 bits per heavy atom. The minimum atomic E-state index is -1.58. The van der Waals surface area contributed by atoms with Crippen LogP contribution in [-0.4, -0.2) is 87.5 Å². The maximum atomic E-state index is 13.1. The Labute approximate surface area is 467 Å². The second kappa shape index (κ2) is 55.7. The summed E-state index contributed by atoms with van der Waals surface area (Å²) in [6, 6.07) is -0.829. The van der Waals surface area contributed by atoms with Crippen LogP contribution in [0.3, 0.4) is 0 Å². The van der Waals surface area contributed by atoms with Crippen LogP contribution in [0.25, 0.3) is 0 Å². The number of hydrogen-bond acceptors (Lipinski definition) is 8. The molecule has 1 aliphatic heterocycles. The quantitative estimate of drug-likeness (QED) is 0.0261. The average molecular weight is 1070 g/mol. The van der Waals surface area contributed by atoms with Crippen molar-refractivity contribution in [3.05, 3.63) is 85.1 Å². The van der Waals surface area contributed by atoms with Crippen molar-refractivity contribution in [2.75, 3.05) is 13.2 Å². The van der Waals surface area contributed by atoms with Crippen molar-refractivity contribution in [2.24, 2.45) is 0 Å². The third-order valence-corrected chi connectivity index (χ3v) is 14.7. The summed E-state index contributed by atoms with van der Waals surface area (Å²) in [7, 11) is 0. The highest BCUT2D eigenvalue weighted by Gasteiger charge is 2.44. The molecule has 0 aromatic heterocycles. The smallest absolute Gasteiger partial charge is 0.220 e. The third-order valence-electron chi connectivity index (χ3n) is 14.7. The molecule has 9 nitrogen and oxygen atoms in total. The molecular weight excluding hydrogens is 947 g/mol. The molecule has 1 amide bonds. The predicted octanol–water partition coefficient (Wildman–Crippen LogP) is 16.6. The number of amides is 1. The normalized spacial score (nSPS) is 19.4. The van der Waals surface area contributed by atoms with Crippen LogP contribution >= 0.6 is 0 Å². The zero-order valence-electron chi connectivity index (χ0n) is 49.0. The van der Waals surface area contributed by atoms with Crippen molar-refractivity contribution in [2.45, 2.75) is 320 Å². The van der Waals surface area contributed by atoms with E-state index in [1.54, 1.807) is 6.08 Å². The van der Waals surface area contributed by atoms with E-state index in [4.69, 9.17) is 9.47 Å². The molecule has 7 unspecified atom stereocenters.